The molecule has 0 amide bonds. The van der Waals surface area contributed by atoms with Gasteiger partial charge in [0.1, 0.15) is 0 Å². The molecule has 1 saturated carbocycles. The van der Waals surface area contributed by atoms with Gasteiger partial charge in [-0.25, -0.2) is 0 Å². The van der Waals surface area contributed by atoms with Gasteiger partial charge in [-0.2, -0.15) is 0 Å². The Kier molecular flexibility index (Phi) is 4.87. The first kappa shape index (κ1) is 13.4. The minimum absolute atomic E-state index is 0.516. The van der Waals surface area contributed by atoms with E-state index in [4.69, 9.17) is 0 Å². The van der Waals surface area contributed by atoms with E-state index >= 15 is 0 Å². The summed E-state index contributed by atoms with van der Waals surface area (Å²) in [6.07, 6.45) is 10.1. The molecule has 100 valence electrons. The zero-order valence-corrected chi connectivity index (χ0v) is 11.8. The lowest BCUT2D eigenvalue weighted by atomic mass is 9.82. The molecule has 1 aliphatic carbocycles. The molecule has 1 saturated heterocycles. The van der Waals surface area contributed by atoms with Gasteiger partial charge in [0.2, 0.25) is 0 Å². The quantitative estimate of drug-likeness (QED) is 0.810. The van der Waals surface area contributed by atoms with E-state index in [0.717, 1.165) is 5.92 Å². The summed E-state index contributed by atoms with van der Waals surface area (Å²) < 4.78 is 0. The van der Waals surface area contributed by atoms with E-state index in [1.165, 1.54) is 71.1 Å². The standard InChI is InChI=1S/C15H30N2/c1-15(9-6-10-16-12-15)13-17(2)11-14-7-4-3-5-8-14/h14,16H,3-13H2,1-2H3. The Morgan fingerprint density at radius 1 is 1.18 bits per heavy atom. The summed E-state index contributed by atoms with van der Waals surface area (Å²) in [6, 6.07) is 0. The molecule has 2 aliphatic rings. The molecule has 0 radical (unpaired) electrons. The van der Waals surface area contributed by atoms with Crippen LogP contribution in [-0.2, 0) is 0 Å². The largest absolute Gasteiger partial charge is 0.316 e. The van der Waals surface area contributed by atoms with E-state index < -0.39 is 0 Å². The van der Waals surface area contributed by atoms with Crippen LogP contribution in [0.5, 0.6) is 0 Å². The van der Waals surface area contributed by atoms with Crippen molar-refractivity contribution in [2.75, 3.05) is 33.2 Å². The fourth-order valence-electron chi connectivity index (χ4n) is 3.78. The first-order valence-electron chi connectivity index (χ1n) is 7.57. The van der Waals surface area contributed by atoms with Crippen LogP contribution >= 0.6 is 0 Å². The molecule has 0 bridgehead atoms. The second-order valence-corrected chi connectivity index (χ2v) is 6.79. The van der Waals surface area contributed by atoms with Crippen LogP contribution in [0.4, 0.5) is 0 Å². The number of hydrogen-bond acceptors (Lipinski definition) is 2. The summed E-state index contributed by atoms with van der Waals surface area (Å²) in [5.41, 5.74) is 0.516. The molecular weight excluding hydrogens is 208 g/mol. The molecule has 1 heterocycles. The smallest absolute Gasteiger partial charge is 0.00446 e. The number of nitrogens with zero attached hydrogens (tertiary/aromatic N) is 1. The number of piperidine rings is 1. The van der Waals surface area contributed by atoms with E-state index in [-0.39, 0.29) is 0 Å². The Morgan fingerprint density at radius 3 is 2.59 bits per heavy atom. The van der Waals surface area contributed by atoms with Crippen molar-refractivity contribution < 1.29 is 0 Å². The van der Waals surface area contributed by atoms with Gasteiger partial charge in [0, 0.05) is 19.6 Å². The highest BCUT2D eigenvalue weighted by Crippen LogP contribution is 2.28. The number of hydrogen-bond donors (Lipinski definition) is 1. The summed E-state index contributed by atoms with van der Waals surface area (Å²) >= 11 is 0. The number of rotatable bonds is 4. The monoisotopic (exact) mass is 238 g/mol. The molecule has 2 nitrogen and oxygen atoms in total. The predicted molar refractivity (Wildman–Crippen MR) is 74.3 cm³/mol. The van der Waals surface area contributed by atoms with Crippen molar-refractivity contribution in [3.8, 4) is 0 Å². The van der Waals surface area contributed by atoms with E-state index in [2.05, 4.69) is 24.2 Å². The zero-order chi connectivity index (χ0) is 12.1. The highest BCUT2D eigenvalue weighted by molar-refractivity contribution is 4.84. The van der Waals surface area contributed by atoms with Crippen molar-refractivity contribution in [3.05, 3.63) is 0 Å². The first-order valence-corrected chi connectivity index (χ1v) is 7.57. The third-order valence-electron chi connectivity index (χ3n) is 4.63. The summed E-state index contributed by atoms with van der Waals surface area (Å²) in [7, 11) is 2.33. The van der Waals surface area contributed by atoms with E-state index in [0.29, 0.717) is 5.41 Å². The van der Waals surface area contributed by atoms with Crippen molar-refractivity contribution in [1.82, 2.24) is 10.2 Å². The minimum Gasteiger partial charge on any atom is -0.316 e. The van der Waals surface area contributed by atoms with Gasteiger partial charge in [-0.3, -0.25) is 0 Å². The molecule has 0 aromatic rings. The maximum absolute atomic E-state index is 3.56. The predicted octanol–water partition coefficient (Wildman–Crippen LogP) is 2.89. The van der Waals surface area contributed by atoms with Crippen LogP contribution < -0.4 is 5.32 Å². The second-order valence-electron chi connectivity index (χ2n) is 6.79. The molecule has 1 atom stereocenters. The first-order chi connectivity index (χ1) is 8.18. The lowest BCUT2D eigenvalue weighted by Gasteiger charge is -2.38. The Labute approximate surface area is 107 Å². The molecule has 2 heteroatoms. The second kappa shape index (κ2) is 6.19. The highest BCUT2D eigenvalue weighted by atomic mass is 15.1. The minimum atomic E-state index is 0.516. The molecule has 0 spiro atoms. The van der Waals surface area contributed by atoms with Gasteiger partial charge in [0.25, 0.3) is 0 Å². The summed E-state index contributed by atoms with van der Waals surface area (Å²) in [6.45, 7) is 7.49. The van der Waals surface area contributed by atoms with Crippen LogP contribution in [0, 0.1) is 11.3 Å². The molecule has 2 fully saturated rings. The summed E-state index contributed by atoms with van der Waals surface area (Å²) in [5, 5.41) is 3.56. The van der Waals surface area contributed by atoms with Gasteiger partial charge < -0.3 is 10.2 Å². The summed E-state index contributed by atoms with van der Waals surface area (Å²) in [5.74, 6) is 0.980. The van der Waals surface area contributed by atoms with Crippen LogP contribution in [-0.4, -0.2) is 38.1 Å². The van der Waals surface area contributed by atoms with E-state index in [9.17, 15) is 0 Å². The van der Waals surface area contributed by atoms with Crippen molar-refractivity contribution in [3.63, 3.8) is 0 Å². The maximum Gasteiger partial charge on any atom is 0.00446 e. The molecular formula is C15H30N2. The van der Waals surface area contributed by atoms with Crippen LogP contribution in [0.2, 0.25) is 0 Å². The van der Waals surface area contributed by atoms with Gasteiger partial charge in [-0.1, -0.05) is 26.2 Å². The zero-order valence-electron chi connectivity index (χ0n) is 11.8. The third-order valence-corrected chi connectivity index (χ3v) is 4.63. The molecule has 0 aromatic heterocycles. The van der Waals surface area contributed by atoms with Crippen LogP contribution in [0.1, 0.15) is 51.9 Å². The van der Waals surface area contributed by atoms with E-state index in [1.54, 1.807) is 0 Å². The van der Waals surface area contributed by atoms with Crippen molar-refractivity contribution in [2.45, 2.75) is 51.9 Å². The normalized spacial score (nSPS) is 31.9. The molecule has 1 aliphatic heterocycles. The Hall–Kier alpha value is -0.0800. The Morgan fingerprint density at radius 2 is 1.94 bits per heavy atom. The molecule has 2 rings (SSSR count). The summed E-state index contributed by atoms with van der Waals surface area (Å²) in [4.78, 5) is 2.60. The van der Waals surface area contributed by atoms with Gasteiger partial charge in [0.05, 0.1) is 0 Å². The number of nitrogens with one attached hydrogen (secondary N) is 1. The van der Waals surface area contributed by atoms with Crippen molar-refractivity contribution in [1.29, 1.82) is 0 Å². The molecule has 1 N–H and O–H groups in total. The van der Waals surface area contributed by atoms with Crippen molar-refractivity contribution >= 4 is 0 Å². The van der Waals surface area contributed by atoms with Gasteiger partial charge in [-0.05, 0) is 50.6 Å². The fraction of sp³-hybridized carbons (Fsp3) is 1.00. The van der Waals surface area contributed by atoms with Crippen LogP contribution in [0.25, 0.3) is 0 Å². The Balaban J connectivity index is 1.73. The van der Waals surface area contributed by atoms with E-state index in [1.807, 2.05) is 0 Å². The van der Waals surface area contributed by atoms with Crippen LogP contribution in [0.15, 0.2) is 0 Å². The molecule has 17 heavy (non-hydrogen) atoms. The third kappa shape index (κ3) is 4.26. The molecule has 0 aromatic carbocycles. The van der Waals surface area contributed by atoms with Crippen molar-refractivity contribution in [2.24, 2.45) is 11.3 Å². The Bertz CT molecular complexity index is 215. The fourth-order valence-corrected chi connectivity index (χ4v) is 3.78. The maximum atomic E-state index is 3.56. The van der Waals surface area contributed by atoms with Gasteiger partial charge >= 0.3 is 0 Å². The highest BCUT2D eigenvalue weighted by Gasteiger charge is 2.28. The lowest BCUT2D eigenvalue weighted by Crippen LogP contribution is -2.45. The lowest BCUT2D eigenvalue weighted by molar-refractivity contribution is 0.131. The average molecular weight is 238 g/mol. The average Bonchev–Trinajstić information content (AvgIpc) is 2.30. The molecule has 1 unspecified atom stereocenters. The van der Waals surface area contributed by atoms with Crippen LogP contribution in [0.3, 0.4) is 0 Å². The SMILES string of the molecule is CN(CC1CCCCC1)CC1(C)CCCNC1. The van der Waals surface area contributed by atoms with Gasteiger partial charge in [-0.15, -0.1) is 0 Å². The topological polar surface area (TPSA) is 15.3 Å². The van der Waals surface area contributed by atoms with Gasteiger partial charge in [0.15, 0.2) is 0 Å².